The topological polar surface area (TPSA) is 166 Å². The lowest BCUT2D eigenvalue weighted by atomic mass is 10.2. The molecule has 0 aliphatic heterocycles. The molecule has 0 saturated carbocycles. The quantitative estimate of drug-likeness (QED) is 0.274. The number of hydrogen-bond acceptors (Lipinski definition) is 10. The molecule has 16 heteroatoms. The van der Waals surface area contributed by atoms with Crippen molar-refractivity contribution in [3.8, 4) is 11.5 Å². The number of hydrogen-bond donors (Lipinski definition) is 4. The third kappa shape index (κ3) is 8.97. The van der Waals surface area contributed by atoms with E-state index >= 15 is 0 Å². The highest BCUT2D eigenvalue weighted by Gasteiger charge is 2.38. The van der Waals surface area contributed by atoms with E-state index < -0.39 is 22.2 Å². The van der Waals surface area contributed by atoms with Crippen molar-refractivity contribution in [3.05, 3.63) is 54.4 Å². The van der Waals surface area contributed by atoms with Crippen molar-refractivity contribution >= 4 is 45.1 Å². The molecular formula is C22H24F3N5O6S2. The lowest BCUT2D eigenvalue weighted by molar-refractivity contribution is -0.192. The molecule has 0 atom stereocenters. The van der Waals surface area contributed by atoms with Crippen molar-refractivity contribution in [1.82, 2.24) is 9.97 Å². The molecule has 5 N–H and O–H groups in total. The Morgan fingerprint density at radius 1 is 1.05 bits per heavy atom. The van der Waals surface area contributed by atoms with E-state index in [0.717, 1.165) is 16.1 Å². The molecule has 0 aliphatic rings. The number of sulfonamides is 1. The number of rotatable bonds is 9. The minimum absolute atomic E-state index is 0.0700. The minimum Gasteiger partial charge on any atom is -0.493 e. The van der Waals surface area contributed by atoms with Gasteiger partial charge in [0, 0.05) is 29.3 Å². The summed E-state index contributed by atoms with van der Waals surface area (Å²) in [4.78, 5) is 18.4. The molecule has 0 fully saturated rings. The van der Waals surface area contributed by atoms with Gasteiger partial charge in [0.1, 0.15) is 18.0 Å². The monoisotopic (exact) mass is 575 g/mol. The second-order valence-electron chi connectivity index (χ2n) is 7.16. The molecule has 3 rings (SSSR count). The molecule has 11 nitrogen and oxygen atoms in total. The van der Waals surface area contributed by atoms with Crippen LogP contribution in [0.3, 0.4) is 0 Å². The van der Waals surface area contributed by atoms with Gasteiger partial charge in [-0.25, -0.2) is 28.3 Å². The smallest absolute Gasteiger partial charge is 0.490 e. The number of carbonyl (C=O) groups is 1. The molecule has 0 unspecified atom stereocenters. The number of nitrogens with one attached hydrogen (secondary N) is 2. The molecule has 0 saturated heterocycles. The van der Waals surface area contributed by atoms with E-state index in [1.54, 1.807) is 44.6 Å². The van der Waals surface area contributed by atoms with Crippen molar-refractivity contribution in [3.63, 3.8) is 0 Å². The van der Waals surface area contributed by atoms with Crippen LogP contribution in [0.25, 0.3) is 0 Å². The van der Waals surface area contributed by atoms with E-state index in [1.807, 2.05) is 12.3 Å². The average molecular weight is 576 g/mol. The number of nitrogens with two attached hydrogens (primary N) is 1. The molecule has 1 aromatic heterocycles. The number of primary sulfonamides is 1. The van der Waals surface area contributed by atoms with Gasteiger partial charge in [-0.2, -0.15) is 13.2 Å². The van der Waals surface area contributed by atoms with Crippen molar-refractivity contribution < 1.29 is 41.0 Å². The van der Waals surface area contributed by atoms with E-state index in [-0.39, 0.29) is 4.90 Å². The Hall–Kier alpha value is -3.76. The lowest BCUT2D eigenvalue weighted by Gasteiger charge is -2.13. The molecular weight excluding hydrogens is 551 g/mol. The van der Waals surface area contributed by atoms with E-state index in [0.29, 0.717) is 29.7 Å². The summed E-state index contributed by atoms with van der Waals surface area (Å²) in [6.07, 6.45) is -1.73. The van der Waals surface area contributed by atoms with Crippen molar-refractivity contribution in [2.45, 2.75) is 22.5 Å². The van der Waals surface area contributed by atoms with Crippen LogP contribution in [-0.4, -0.2) is 56.1 Å². The number of ether oxygens (including phenoxy) is 2. The zero-order valence-corrected chi connectivity index (χ0v) is 21.9. The molecule has 2 aromatic carbocycles. The predicted octanol–water partition coefficient (Wildman–Crippen LogP) is 3.85. The summed E-state index contributed by atoms with van der Waals surface area (Å²) in [5.74, 6) is -0.379. The van der Waals surface area contributed by atoms with Crippen LogP contribution in [-0.2, 0) is 21.4 Å². The van der Waals surface area contributed by atoms with Crippen LogP contribution in [0.4, 0.5) is 30.5 Å². The Bertz CT molecular complexity index is 1370. The van der Waals surface area contributed by atoms with Gasteiger partial charge < -0.3 is 25.2 Å². The third-order valence-corrected chi connectivity index (χ3v) is 6.35. The Balaban J connectivity index is 0.000000638. The third-order valence-electron chi connectivity index (χ3n) is 4.61. The Kier molecular flexibility index (Phi) is 10.5. The van der Waals surface area contributed by atoms with Crippen molar-refractivity contribution in [2.24, 2.45) is 5.14 Å². The number of aromatic nitrogens is 2. The van der Waals surface area contributed by atoms with Crippen LogP contribution in [0.5, 0.6) is 11.5 Å². The van der Waals surface area contributed by atoms with Crippen LogP contribution in [0, 0.1) is 0 Å². The summed E-state index contributed by atoms with van der Waals surface area (Å²) in [6, 6.07) is 12.0. The van der Waals surface area contributed by atoms with Gasteiger partial charge >= 0.3 is 12.1 Å². The molecule has 0 bridgehead atoms. The number of anilines is 3. The van der Waals surface area contributed by atoms with Crippen LogP contribution < -0.4 is 25.2 Å². The zero-order chi connectivity index (χ0) is 28.5. The molecule has 0 amide bonds. The SMILES string of the molecule is COc1ccc(Nc2cc(NCc3cc(S(N)(=O)=O)ccc3SC)ncn2)cc1OC.O=C(O)C(F)(F)F. The van der Waals surface area contributed by atoms with Gasteiger partial charge in [0.05, 0.1) is 19.1 Å². The highest BCUT2D eigenvalue weighted by Crippen LogP contribution is 2.31. The summed E-state index contributed by atoms with van der Waals surface area (Å²) in [7, 11) is -0.628. The van der Waals surface area contributed by atoms with E-state index in [9.17, 15) is 21.6 Å². The summed E-state index contributed by atoms with van der Waals surface area (Å²) < 4.78 is 65.6. The number of benzene rings is 2. The number of carboxylic acids is 1. The minimum atomic E-state index is -5.08. The number of alkyl halides is 3. The molecule has 0 aliphatic carbocycles. The first-order valence-corrected chi connectivity index (χ1v) is 13.1. The number of methoxy groups -OCH3 is 2. The largest absolute Gasteiger partial charge is 0.493 e. The van der Waals surface area contributed by atoms with Crippen LogP contribution in [0.15, 0.2) is 58.6 Å². The van der Waals surface area contributed by atoms with Gasteiger partial charge in [-0.3, -0.25) is 0 Å². The zero-order valence-electron chi connectivity index (χ0n) is 20.2. The first-order valence-electron chi connectivity index (χ1n) is 10.3. The summed E-state index contributed by atoms with van der Waals surface area (Å²) >= 11 is 1.52. The van der Waals surface area contributed by atoms with Crippen LogP contribution in [0.2, 0.25) is 0 Å². The van der Waals surface area contributed by atoms with Gasteiger partial charge in [-0.15, -0.1) is 11.8 Å². The number of aliphatic carboxylic acids is 1. The molecule has 0 spiro atoms. The highest BCUT2D eigenvalue weighted by atomic mass is 32.2. The fourth-order valence-corrected chi connectivity index (χ4v) is 4.00. The van der Waals surface area contributed by atoms with Crippen molar-refractivity contribution in [1.29, 1.82) is 0 Å². The fraction of sp³-hybridized carbons (Fsp3) is 0.227. The molecule has 3 aromatic rings. The number of nitrogens with zero attached hydrogens (tertiary/aromatic N) is 2. The second kappa shape index (κ2) is 13.2. The van der Waals surface area contributed by atoms with E-state index in [1.165, 1.54) is 24.2 Å². The number of carboxylic acid groups (broad SMARTS) is 1. The van der Waals surface area contributed by atoms with Gasteiger partial charge in [0.25, 0.3) is 0 Å². The normalized spacial score (nSPS) is 11.1. The maximum Gasteiger partial charge on any atom is 0.490 e. The number of halogens is 3. The van der Waals surface area contributed by atoms with Gasteiger partial charge in [0.2, 0.25) is 10.0 Å². The maximum atomic E-state index is 11.7. The Morgan fingerprint density at radius 3 is 2.24 bits per heavy atom. The summed E-state index contributed by atoms with van der Waals surface area (Å²) in [6.45, 7) is 0.367. The maximum absolute atomic E-state index is 11.7. The molecule has 0 radical (unpaired) electrons. The molecule has 38 heavy (non-hydrogen) atoms. The van der Waals surface area contributed by atoms with Gasteiger partial charge in [0.15, 0.2) is 11.5 Å². The van der Waals surface area contributed by atoms with Crippen molar-refractivity contribution in [2.75, 3.05) is 31.1 Å². The standard InChI is InChI=1S/C20H23N5O4S2.C2HF3O2/c1-28-16-6-4-14(9-17(16)29-2)25-20-10-19(23-12-24-20)22-11-13-8-15(31(21,26)27)5-7-18(13)30-3;3-2(4,5)1(6)7/h4-10,12H,11H2,1-3H3,(H2,21,26,27)(H2,22,23,24,25);(H,6,7). The first-order chi connectivity index (χ1) is 17.8. The lowest BCUT2D eigenvalue weighted by Crippen LogP contribution is -2.21. The Labute approximate surface area is 220 Å². The highest BCUT2D eigenvalue weighted by molar-refractivity contribution is 7.98. The van der Waals surface area contributed by atoms with Gasteiger partial charge in [-0.1, -0.05) is 0 Å². The fourth-order valence-electron chi connectivity index (χ4n) is 2.84. The molecule has 1 heterocycles. The average Bonchev–Trinajstić information content (AvgIpc) is 2.86. The van der Waals surface area contributed by atoms with Crippen LogP contribution >= 0.6 is 11.8 Å². The van der Waals surface area contributed by atoms with Crippen LogP contribution in [0.1, 0.15) is 5.56 Å². The predicted molar refractivity (Wildman–Crippen MR) is 135 cm³/mol. The first kappa shape index (κ1) is 30.5. The van der Waals surface area contributed by atoms with E-state index in [2.05, 4.69) is 20.6 Å². The van der Waals surface area contributed by atoms with E-state index in [4.69, 9.17) is 24.5 Å². The second-order valence-corrected chi connectivity index (χ2v) is 9.57. The van der Waals surface area contributed by atoms with Gasteiger partial charge in [-0.05, 0) is 42.2 Å². The summed E-state index contributed by atoms with van der Waals surface area (Å²) in [5.41, 5.74) is 1.57. The summed E-state index contributed by atoms with van der Waals surface area (Å²) in [5, 5.41) is 18.8. The molecule has 206 valence electrons. The number of thioether (sulfide) groups is 1. The Morgan fingerprint density at radius 2 is 1.68 bits per heavy atom.